The summed E-state index contributed by atoms with van der Waals surface area (Å²) in [7, 11) is 0. The minimum atomic E-state index is -1.29. The number of hydrogen-bond donors (Lipinski definition) is 3. The predicted octanol–water partition coefficient (Wildman–Crippen LogP) is 0.519. The standard InChI is InChI=1S/C16H22O7S/c1-3-20-15-13(19)14(12(18)11(8-17)22-15)23-16(24)21-10-6-4-9(2)5-7-10/h4-7,11-15,17-19H,3,8H2,1-2H3/t11-,12+,13-,14+,15-/m1/s1. The molecule has 0 radical (unpaired) electrons. The van der Waals surface area contributed by atoms with Gasteiger partial charge in [-0.05, 0) is 26.0 Å². The zero-order valence-electron chi connectivity index (χ0n) is 13.5. The first-order chi connectivity index (χ1) is 11.5. The van der Waals surface area contributed by atoms with Crippen molar-refractivity contribution in [1.29, 1.82) is 0 Å². The van der Waals surface area contributed by atoms with Crippen molar-refractivity contribution < 1.29 is 34.3 Å². The van der Waals surface area contributed by atoms with Crippen LogP contribution in [0.1, 0.15) is 12.5 Å². The van der Waals surface area contributed by atoms with Gasteiger partial charge >= 0.3 is 5.24 Å². The van der Waals surface area contributed by atoms with E-state index in [-0.39, 0.29) is 11.8 Å². The summed E-state index contributed by atoms with van der Waals surface area (Å²) in [5.41, 5.74) is 1.06. The highest BCUT2D eigenvalue weighted by atomic mass is 32.1. The van der Waals surface area contributed by atoms with Crippen LogP contribution in [0.3, 0.4) is 0 Å². The molecule has 3 N–H and O–H groups in total. The van der Waals surface area contributed by atoms with Crippen molar-refractivity contribution in [1.82, 2.24) is 0 Å². The Hall–Kier alpha value is -1.29. The van der Waals surface area contributed by atoms with Crippen LogP contribution in [0, 0.1) is 6.92 Å². The molecule has 24 heavy (non-hydrogen) atoms. The van der Waals surface area contributed by atoms with Gasteiger partial charge in [0, 0.05) is 18.8 Å². The van der Waals surface area contributed by atoms with Crippen molar-refractivity contribution in [3.05, 3.63) is 29.8 Å². The lowest BCUT2D eigenvalue weighted by molar-refractivity contribution is -0.298. The second kappa shape index (κ2) is 8.70. The molecule has 8 heteroatoms. The van der Waals surface area contributed by atoms with Gasteiger partial charge in [0.05, 0.1) is 6.61 Å². The van der Waals surface area contributed by atoms with Gasteiger partial charge < -0.3 is 34.3 Å². The van der Waals surface area contributed by atoms with Crippen molar-refractivity contribution >= 4 is 17.5 Å². The number of aliphatic hydroxyl groups excluding tert-OH is 3. The fourth-order valence-corrected chi connectivity index (χ4v) is 2.54. The maximum Gasteiger partial charge on any atom is 0.358 e. The van der Waals surface area contributed by atoms with E-state index in [0.717, 1.165) is 5.56 Å². The Morgan fingerprint density at radius 3 is 2.46 bits per heavy atom. The molecule has 7 nitrogen and oxygen atoms in total. The smallest absolute Gasteiger partial charge is 0.358 e. The molecule has 1 fully saturated rings. The highest BCUT2D eigenvalue weighted by molar-refractivity contribution is 7.79. The fraction of sp³-hybridized carbons (Fsp3) is 0.562. The molecule has 134 valence electrons. The molecular weight excluding hydrogens is 336 g/mol. The largest absolute Gasteiger partial charge is 0.447 e. The van der Waals surface area contributed by atoms with Crippen molar-refractivity contribution in [2.45, 2.75) is 44.6 Å². The average Bonchev–Trinajstić information content (AvgIpc) is 2.56. The van der Waals surface area contributed by atoms with Crippen LogP contribution in [0.5, 0.6) is 5.75 Å². The van der Waals surface area contributed by atoms with Crippen LogP contribution in [0.2, 0.25) is 0 Å². The predicted molar refractivity (Wildman–Crippen MR) is 88.7 cm³/mol. The monoisotopic (exact) mass is 358 g/mol. The molecule has 0 bridgehead atoms. The summed E-state index contributed by atoms with van der Waals surface area (Å²) in [6.07, 6.45) is -5.73. The van der Waals surface area contributed by atoms with E-state index >= 15 is 0 Å². The van der Waals surface area contributed by atoms with Gasteiger partial charge in [0.25, 0.3) is 0 Å². The van der Waals surface area contributed by atoms with Crippen LogP contribution in [-0.2, 0) is 14.2 Å². The third kappa shape index (κ3) is 4.62. The molecule has 1 saturated heterocycles. The van der Waals surface area contributed by atoms with Gasteiger partial charge in [0.2, 0.25) is 0 Å². The average molecular weight is 358 g/mol. The van der Waals surface area contributed by atoms with E-state index in [4.69, 9.17) is 31.2 Å². The highest BCUT2D eigenvalue weighted by Crippen LogP contribution is 2.25. The second-order valence-electron chi connectivity index (χ2n) is 5.41. The van der Waals surface area contributed by atoms with E-state index in [9.17, 15) is 15.3 Å². The first-order valence-electron chi connectivity index (χ1n) is 7.65. The highest BCUT2D eigenvalue weighted by Gasteiger charge is 2.47. The molecule has 1 aromatic rings. The maximum absolute atomic E-state index is 10.3. The van der Waals surface area contributed by atoms with Gasteiger partial charge in [-0.1, -0.05) is 17.7 Å². The molecule has 1 heterocycles. The van der Waals surface area contributed by atoms with E-state index in [0.29, 0.717) is 5.75 Å². The summed E-state index contributed by atoms with van der Waals surface area (Å²) < 4.78 is 21.3. The van der Waals surface area contributed by atoms with Gasteiger partial charge in [0.1, 0.15) is 24.1 Å². The Labute approximate surface area is 145 Å². The van der Waals surface area contributed by atoms with Crippen LogP contribution in [0.25, 0.3) is 0 Å². The Bertz CT molecular complexity index is 536. The molecule has 0 aliphatic carbocycles. The van der Waals surface area contributed by atoms with Crippen molar-refractivity contribution in [2.75, 3.05) is 13.2 Å². The SMILES string of the molecule is CCO[C@@H]1O[C@H](CO)[C@H](O)[C@H](OC(=S)Oc2ccc(C)cc2)[C@H]1O. The quantitative estimate of drug-likeness (QED) is 0.656. The summed E-state index contributed by atoms with van der Waals surface area (Å²) in [5, 5.41) is 29.5. The minimum Gasteiger partial charge on any atom is -0.447 e. The Morgan fingerprint density at radius 1 is 1.21 bits per heavy atom. The number of rotatable bonds is 5. The first kappa shape index (κ1) is 19.0. The molecule has 1 aromatic carbocycles. The lowest BCUT2D eigenvalue weighted by Crippen LogP contribution is -2.60. The summed E-state index contributed by atoms with van der Waals surface area (Å²) in [4.78, 5) is 0. The van der Waals surface area contributed by atoms with Crippen LogP contribution < -0.4 is 4.74 Å². The summed E-state index contributed by atoms with van der Waals surface area (Å²) in [6, 6.07) is 7.15. The van der Waals surface area contributed by atoms with Gasteiger partial charge in [-0.15, -0.1) is 0 Å². The van der Waals surface area contributed by atoms with Crippen molar-refractivity contribution in [3.8, 4) is 5.75 Å². The summed E-state index contributed by atoms with van der Waals surface area (Å²) in [5.74, 6) is 0.474. The second-order valence-corrected chi connectivity index (χ2v) is 5.74. The minimum absolute atomic E-state index is 0.254. The van der Waals surface area contributed by atoms with E-state index < -0.39 is 37.3 Å². The molecule has 1 aliphatic heterocycles. The molecule has 0 spiro atoms. The molecule has 2 rings (SSSR count). The molecule has 1 aliphatic rings. The number of hydrogen-bond acceptors (Lipinski definition) is 8. The summed E-state index contributed by atoms with van der Waals surface area (Å²) >= 11 is 5.02. The normalized spacial score (nSPS) is 30.0. The van der Waals surface area contributed by atoms with E-state index in [2.05, 4.69) is 0 Å². The molecule has 0 unspecified atom stereocenters. The van der Waals surface area contributed by atoms with E-state index in [1.165, 1.54) is 0 Å². The molecule has 0 amide bonds. The van der Waals surface area contributed by atoms with E-state index in [1.54, 1.807) is 19.1 Å². The third-order valence-electron chi connectivity index (χ3n) is 3.61. The number of aliphatic hydroxyl groups is 3. The first-order valence-corrected chi connectivity index (χ1v) is 8.06. The number of ether oxygens (including phenoxy) is 4. The topological polar surface area (TPSA) is 97.6 Å². The Balaban J connectivity index is 2.03. The Morgan fingerprint density at radius 2 is 1.88 bits per heavy atom. The molecule has 5 atom stereocenters. The van der Waals surface area contributed by atoms with Crippen molar-refractivity contribution in [2.24, 2.45) is 0 Å². The van der Waals surface area contributed by atoms with Gasteiger partial charge in [0.15, 0.2) is 12.4 Å². The van der Waals surface area contributed by atoms with Crippen LogP contribution in [0.4, 0.5) is 0 Å². The zero-order chi connectivity index (χ0) is 17.7. The molecule has 0 saturated carbocycles. The fourth-order valence-electron chi connectivity index (χ4n) is 2.33. The van der Waals surface area contributed by atoms with E-state index in [1.807, 2.05) is 19.1 Å². The molecule has 0 aromatic heterocycles. The molecular formula is C16H22O7S. The van der Waals surface area contributed by atoms with Gasteiger partial charge in [-0.2, -0.15) is 0 Å². The zero-order valence-corrected chi connectivity index (χ0v) is 14.3. The van der Waals surface area contributed by atoms with Crippen LogP contribution in [-0.4, -0.2) is 64.5 Å². The lowest BCUT2D eigenvalue weighted by Gasteiger charge is -2.41. The van der Waals surface area contributed by atoms with Gasteiger partial charge in [-0.3, -0.25) is 0 Å². The van der Waals surface area contributed by atoms with Crippen molar-refractivity contribution in [3.63, 3.8) is 0 Å². The third-order valence-corrected chi connectivity index (χ3v) is 3.79. The number of thiocarbonyl (C=S) groups is 1. The summed E-state index contributed by atoms with van der Waals surface area (Å²) in [6.45, 7) is 3.50. The van der Waals surface area contributed by atoms with Gasteiger partial charge in [-0.25, -0.2) is 0 Å². The number of benzene rings is 1. The Kier molecular flexibility index (Phi) is 6.90. The van der Waals surface area contributed by atoms with Crippen LogP contribution >= 0.6 is 12.2 Å². The number of aryl methyl sites for hydroxylation is 1. The maximum atomic E-state index is 10.3. The lowest BCUT2D eigenvalue weighted by atomic mass is 9.99. The van der Waals surface area contributed by atoms with Crippen LogP contribution in [0.15, 0.2) is 24.3 Å².